The molecule has 0 aliphatic heterocycles. The lowest BCUT2D eigenvalue weighted by Crippen LogP contribution is -2.13. The zero-order valence-electron chi connectivity index (χ0n) is 13.6. The van der Waals surface area contributed by atoms with E-state index < -0.39 is 0 Å². The molecule has 116 valence electrons. The van der Waals surface area contributed by atoms with E-state index in [4.69, 9.17) is 4.98 Å². The SMILES string of the molecule is Cc1ccc(-n2ncc3c2ncn2nc(C(C)(C)C)nc32)cc1. The van der Waals surface area contributed by atoms with Gasteiger partial charge in [0.25, 0.3) is 0 Å². The van der Waals surface area contributed by atoms with E-state index in [0.29, 0.717) is 0 Å². The van der Waals surface area contributed by atoms with Crippen molar-refractivity contribution in [3.63, 3.8) is 0 Å². The van der Waals surface area contributed by atoms with Gasteiger partial charge in [-0.3, -0.25) is 0 Å². The molecule has 6 heteroatoms. The maximum atomic E-state index is 4.69. The Morgan fingerprint density at radius 1 is 1.00 bits per heavy atom. The number of fused-ring (bicyclic) bond motifs is 3. The number of hydrogen-bond acceptors (Lipinski definition) is 4. The van der Waals surface area contributed by atoms with Gasteiger partial charge in [-0.2, -0.15) is 5.10 Å². The summed E-state index contributed by atoms with van der Waals surface area (Å²) in [6, 6.07) is 8.21. The van der Waals surface area contributed by atoms with Crippen LogP contribution < -0.4 is 0 Å². The van der Waals surface area contributed by atoms with E-state index in [-0.39, 0.29) is 5.41 Å². The highest BCUT2D eigenvalue weighted by Crippen LogP contribution is 2.23. The molecule has 0 N–H and O–H groups in total. The lowest BCUT2D eigenvalue weighted by atomic mass is 9.96. The zero-order chi connectivity index (χ0) is 16.2. The fraction of sp³-hybridized carbons (Fsp3) is 0.294. The van der Waals surface area contributed by atoms with E-state index in [2.05, 4.69) is 55.0 Å². The second kappa shape index (κ2) is 4.62. The number of benzene rings is 1. The topological polar surface area (TPSA) is 60.9 Å². The third-order valence-corrected chi connectivity index (χ3v) is 3.85. The van der Waals surface area contributed by atoms with Gasteiger partial charge in [0.2, 0.25) is 0 Å². The lowest BCUT2D eigenvalue weighted by Gasteiger charge is -2.11. The van der Waals surface area contributed by atoms with Gasteiger partial charge in [0.1, 0.15) is 6.33 Å². The van der Waals surface area contributed by atoms with Crippen molar-refractivity contribution in [3.8, 4) is 5.69 Å². The van der Waals surface area contributed by atoms with Crippen molar-refractivity contribution < 1.29 is 0 Å². The Hall–Kier alpha value is -2.76. The smallest absolute Gasteiger partial charge is 0.170 e. The van der Waals surface area contributed by atoms with E-state index in [1.807, 2.05) is 16.8 Å². The van der Waals surface area contributed by atoms with E-state index >= 15 is 0 Å². The highest BCUT2D eigenvalue weighted by molar-refractivity contribution is 5.89. The summed E-state index contributed by atoms with van der Waals surface area (Å²) in [5.41, 5.74) is 3.67. The Morgan fingerprint density at radius 2 is 1.74 bits per heavy atom. The largest absolute Gasteiger partial charge is 0.216 e. The predicted molar refractivity (Wildman–Crippen MR) is 88.8 cm³/mol. The predicted octanol–water partition coefficient (Wildman–Crippen LogP) is 3.07. The molecule has 0 atom stereocenters. The Morgan fingerprint density at radius 3 is 2.43 bits per heavy atom. The van der Waals surface area contributed by atoms with Gasteiger partial charge < -0.3 is 0 Å². The summed E-state index contributed by atoms with van der Waals surface area (Å²) in [6.45, 7) is 8.36. The molecular weight excluding hydrogens is 288 g/mol. The minimum absolute atomic E-state index is 0.106. The average Bonchev–Trinajstić information content (AvgIpc) is 3.10. The molecule has 4 aromatic rings. The maximum absolute atomic E-state index is 4.69. The molecule has 0 saturated heterocycles. The molecule has 0 fully saturated rings. The molecule has 4 rings (SSSR count). The van der Waals surface area contributed by atoms with Gasteiger partial charge in [-0.05, 0) is 19.1 Å². The Bertz CT molecular complexity index is 1000. The van der Waals surface area contributed by atoms with Gasteiger partial charge in [-0.15, -0.1) is 5.10 Å². The van der Waals surface area contributed by atoms with Crippen molar-refractivity contribution in [2.75, 3.05) is 0 Å². The highest BCUT2D eigenvalue weighted by atomic mass is 15.3. The third kappa shape index (κ3) is 2.18. The second-order valence-electron chi connectivity index (χ2n) is 6.83. The standard InChI is InChI=1S/C17H18N6/c1-11-5-7-12(8-6-11)23-14-13(9-19-23)15-20-16(17(2,3)4)21-22(15)10-18-14/h5-10H,1-4H3. The first kappa shape index (κ1) is 13.9. The maximum Gasteiger partial charge on any atom is 0.170 e. The summed E-state index contributed by atoms with van der Waals surface area (Å²) in [7, 11) is 0. The molecule has 0 aliphatic carbocycles. The van der Waals surface area contributed by atoms with E-state index in [9.17, 15) is 0 Å². The average molecular weight is 306 g/mol. The van der Waals surface area contributed by atoms with Crippen molar-refractivity contribution in [2.24, 2.45) is 0 Å². The number of aromatic nitrogens is 6. The first-order valence-corrected chi connectivity index (χ1v) is 7.60. The quantitative estimate of drug-likeness (QED) is 0.542. The van der Waals surface area contributed by atoms with Crippen molar-refractivity contribution in [2.45, 2.75) is 33.1 Å². The van der Waals surface area contributed by atoms with Crippen LogP contribution in [0.2, 0.25) is 0 Å². The number of rotatable bonds is 1. The molecule has 1 aromatic carbocycles. The second-order valence-corrected chi connectivity index (χ2v) is 6.83. The van der Waals surface area contributed by atoms with Gasteiger partial charge in [0.05, 0.1) is 17.3 Å². The van der Waals surface area contributed by atoms with Crippen LogP contribution in [0.1, 0.15) is 32.2 Å². The van der Waals surface area contributed by atoms with Crippen molar-refractivity contribution in [1.29, 1.82) is 0 Å². The van der Waals surface area contributed by atoms with E-state index in [1.54, 1.807) is 17.0 Å². The van der Waals surface area contributed by atoms with Crippen LogP contribution in [-0.2, 0) is 5.41 Å². The van der Waals surface area contributed by atoms with Crippen LogP contribution in [0.5, 0.6) is 0 Å². The van der Waals surface area contributed by atoms with Gasteiger partial charge >= 0.3 is 0 Å². The van der Waals surface area contributed by atoms with E-state index in [0.717, 1.165) is 28.2 Å². The van der Waals surface area contributed by atoms with Crippen LogP contribution in [0.25, 0.3) is 22.4 Å². The van der Waals surface area contributed by atoms with E-state index in [1.165, 1.54) is 5.56 Å². The fourth-order valence-electron chi connectivity index (χ4n) is 2.51. The van der Waals surface area contributed by atoms with Crippen molar-refractivity contribution >= 4 is 16.7 Å². The van der Waals surface area contributed by atoms with Crippen LogP contribution in [0.3, 0.4) is 0 Å². The molecule has 3 heterocycles. The van der Waals surface area contributed by atoms with Crippen LogP contribution in [0.4, 0.5) is 0 Å². The fourth-order valence-corrected chi connectivity index (χ4v) is 2.51. The molecule has 6 nitrogen and oxygen atoms in total. The Kier molecular flexibility index (Phi) is 2.78. The molecule has 0 amide bonds. The molecule has 0 radical (unpaired) electrons. The Balaban J connectivity index is 1.95. The molecule has 0 unspecified atom stereocenters. The normalized spacial score (nSPS) is 12.3. The highest BCUT2D eigenvalue weighted by Gasteiger charge is 2.21. The summed E-state index contributed by atoms with van der Waals surface area (Å²) in [6.07, 6.45) is 3.50. The molecule has 3 aromatic heterocycles. The van der Waals surface area contributed by atoms with Gasteiger partial charge in [-0.25, -0.2) is 19.2 Å². The van der Waals surface area contributed by atoms with Gasteiger partial charge in [-0.1, -0.05) is 38.5 Å². The summed E-state index contributed by atoms with van der Waals surface area (Å²) >= 11 is 0. The van der Waals surface area contributed by atoms with Crippen LogP contribution in [-0.4, -0.2) is 29.4 Å². The first-order valence-electron chi connectivity index (χ1n) is 7.60. The zero-order valence-corrected chi connectivity index (χ0v) is 13.6. The van der Waals surface area contributed by atoms with Crippen LogP contribution >= 0.6 is 0 Å². The number of aryl methyl sites for hydroxylation is 1. The van der Waals surface area contributed by atoms with Crippen molar-refractivity contribution in [3.05, 3.63) is 48.2 Å². The monoisotopic (exact) mass is 306 g/mol. The summed E-state index contributed by atoms with van der Waals surface area (Å²) < 4.78 is 3.56. The number of nitrogens with zero attached hydrogens (tertiary/aromatic N) is 6. The number of hydrogen-bond donors (Lipinski definition) is 0. The summed E-state index contributed by atoms with van der Waals surface area (Å²) in [5, 5.41) is 9.92. The molecular formula is C17H18N6. The molecule has 0 aliphatic rings. The minimum Gasteiger partial charge on any atom is -0.216 e. The Labute approximate surface area is 133 Å². The summed E-state index contributed by atoms with van der Waals surface area (Å²) in [4.78, 5) is 9.22. The van der Waals surface area contributed by atoms with Gasteiger partial charge in [0, 0.05) is 5.41 Å². The van der Waals surface area contributed by atoms with Crippen LogP contribution in [0, 0.1) is 6.92 Å². The van der Waals surface area contributed by atoms with Crippen LogP contribution in [0.15, 0.2) is 36.8 Å². The lowest BCUT2D eigenvalue weighted by molar-refractivity contribution is 0.545. The third-order valence-electron chi connectivity index (χ3n) is 3.85. The molecule has 0 saturated carbocycles. The molecule has 23 heavy (non-hydrogen) atoms. The van der Waals surface area contributed by atoms with Gasteiger partial charge in [0.15, 0.2) is 17.1 Å². The minimum atomic E-state index is -0.106. The molecule has 0 bridgehead atoms. The molecule has 0 spiro atoms. The summed E-state index contributed by atoms with van der Waals surface area (Å²) in [5.74, 6) is 0.801. The van der Waals surface area contributed by atoms with Crippen molar-refractivity contribution in [1.82, 2.24) is 29.4 Å². The first-order chi connectivity index (χ1) is 10.9.